The number of carbonyl (C=O) groups is 1. The minimum atomic E-state index is 0.0653. The zero-order valence-electron chi connectivity index (χ0n) is 14.3. The summed E-state index contributed by atoms with van der Waals surface area (Å²) in [5, 5.41) is 0. The minimum absolute atomic E-state index is 0.0653. The number of rotatable bonds is 4. The van der Waals surface area contributed by atoms with Gasteiger partial charge >= 0.3 is 0 Å². The minimum Gasteiger partial charge on any atom is -0.348 e. The molecule has 0 saturated heterocycles. The fraction of sp³-hybridized carbons (Fsp3) is 0.333. The summed E-state index contributed by atoms with van der Waals surface area (Å²) in [5.41, 5.74) is 3.95. The largest absolute Gasteiger partial charge is 0.348 e. The molecule has 0 aliphatic heterocycles. The summed E-state index contributed by atoms with van der Waals surface area (Å²) < 4.78 is 0. The summed E-state index contributed by atoms with van der Waals surface area (Å²) in [6.07, 6.45) is 5.05. The number of fused-ring (bicyclic) bond motifs is 2. The Morgan fingerprint density at radius 2 is 2.08 bits per heavy atom. The Balaban J connectivity index is 1.51. The SMILES string of the molecule is CN(CC(=O)N(C)[C@@H]1CCc2ccccc21)c1ncnc2nc[nH]c12. The van der Waals surface area contributed by atoms with E-state index >= 15 is 0 Å². The van der Waals surface area contributed by atoms with E-state index in [0.717, 1.165) is 18.4 Å². The predicted octanol–water partition coefficient (Wildman–Crippen LogP) is 1.93. The third-order valence-electron chi connectivity index (χ3n) is 4.90. The van der Waals surface area contributed by atoms with Crippen LogP contribution in [0.15, 0.2) is 36.9 Å². The Bertz CT molecular complexity index is 921. The van der Waals surface area contributed by atoms with Crippen LogP contribution >= 0.6 is 0 Å². The fourth-order valence-corrected chi connectivity index (χ4v) is 3.54. The van der Waals surface area contributed by atoms with Crippen LogP contribution in [0.5, 0.6) is 0 Å². The molecular weight excluding hydrogens is 316 g/mol. The van der Waals surface area contributed by atoms with Crippen molar-refractivity contribution in [2.24, 2.45) is 0 Å². The molecule has 0 bridgehead atoms. The average molecular weight is 336 g/mol. The third-order valence-corrected chi connectivity index (χ3v) is 4.90. The van der Waals surface area contributed by atoms with Gasteiger partial charge in [0.25, 0.3) is 0 Å². The maximum Gasteiger partial charge on any atom is 0.242 e. The molecule has 1 N–H and O–H groups in total. The number of benzene rings is 1. The first-order valence-corrected chi connectivity index (χ1v) is 8.34. The van der Waals surface area contributed by atoms with E-state index in [1.54, 1.807) is 6.33 Å². The lowest BCUT2D eigenvalue weighted by molar-refractivity contribution is -0.130. The molecule has 0 fully saturated rings. The fourth-order valence-electron chi connectivity index (χ4n) is 3.54. The highest BCUT2D eigenvalue weighted by Gasteiger charge is 2.29. The molecule has 25 heavy (non-hydrogen) atoms. The number of likely N-dealkylation sites (N-methyl/N-ethyl adjacent to an activating group) is 2. The van der Waals surface area contributed by atoms with Crippen LogP contribution < -0.4 is 4.90 Å². The summed E-state index contributed by atoms with van der Waals surface area (Å²) in [6, 6.07) is 8.52. The molecule has 128 valence electrons. The molecule has 2 heterocycles. The highest BCUT2D eigenvalue weighted by Crippen LogP contribution is 2.34. The molecule has 1 aliphatic carbocycles. The smallest absolute Gasteiger partial charge is 0.242 e. The molecule has 0 radical (unpaired) electrons. The van der Waals surface area contributed by atoms with Crippen molar-refractivity contribution in [2.75, 3.05) is 25.5 Å². The van der Waals surface area contributed by atoms with Gasteiger partial charge in [0.1, 0.15) is 11.8 Å². The van der Waals surface area contributed by atoms with Crippen molar-refractivity contribution >= 4 is 22.9 Å². The van der Waals surface area contributed by atoms with E-state index in [1.165, 1.54) is 17.5 Å². The summed E-state index contributed by atoms with van der Waals surface area (Å²) in [4.78, 5) is 32.1. The second kappa shape index (κ2) is 6.16. The van der Waals surface area contributed by atoms with Crippen LogP contribution in [0.3, 0.4) is 0 Å². The van der Waals surface area contributed by atoms with Crippen LogP contribution in [-0.4, -0.2) is 51.4 Å². The quantitative estimate of drug-likeness (QED) is 0.788. The lowest BCUT2D eigenvalue weighted by Crippen LogP contribution is -2.38. The Kier molecular flexibility index (Phi) is 3.83. The second-order valence-corrected chi connectivity index (χ2v) is 6.41. The lowest BCUT2D eigenvalue weighted by Gasteiger charge is -2.28. The Morgan fingerprint density at radius 1 is 1.24 bits per heavy atom. The Labute approximate surface area is 145 Å². The predicted molar refractivity (Wildman–Crippen MR) is 95.2 cm³/mol. The molecule has 1 aliphatic rings. The monoisotopic (exact) mass is 336 g/mol. The number of aromatic amines is 1. The first-order valence-electron chi connectivity index (χ1n) is 8.34. The lowest BCUT2D eigenvalue weighted by atomic mass is 10.1. The molecule has 7 heteroatoms. The van der Waals surface area contributed by atoms with Crippen molar-refractivity contribution in [3.05, 3.63) is 48.0 Å². The number of hydrogen-bond acceptors (Lipinski definition) is 5. The van der Waals surface area contributed by atoms with Gasteiger partial charge in [0.2, 0.25) is 5.91 Å². The summed E-state index contributed by atoms with van der Waals surface area (Å²) in [7, 11) is 3.74. The van der Waals surface area contributed by atoms with E-state index in [2.05, 4.69) is 38.1 Å². The van der Waals surface area contributed by atoms with Gasteiger partial charge in [0.05, 0.1) is 18.9 Å². The van der Waals surface area contributed by atoms with Crippen LogP contribution in [0.4, 0.5) is 5.82 Å². The topological polar surface area (TPSA) is 78.0 Å². The van der Waals surface area contributed by atoms with Crippen molar-refractivity contribution in [1.29, 1.82) is 0 Å². The molecule has 1 amide bonds. The molecule has 2 aromatic heterocycles. The molecule has 4 rings (SSSR count). The van der Waals surface area contributed by atoms with E-state index in [-0.39, 0.29) is 18.5 Å². The van der Waals surface area contributed by atoms with Gasteiger partial charge in [-0.05, 0) is 24.0 Å². The number of carbonyl (C=O) groups excluding carboxylic acids is 1. The maximum absolute atomic E-state index is 12.8. The first-order chi connectivity index (χ1) is 12.1. The number of hydrogen-bond donors (Lipinski definition) is 1. The first kappa shape index (κ1) is 15.6. The number of H-pyrrole nitrogens is 1. The van der Waals surface area contributed by atoms with E-state index in [1.807, 2.05) is 30.0 Å². The van der Waals surface area contributed by atoms with Crippen LogP contribution in [-0.2, 0) is 11.2 Å². The number of aryl methyl sites for hydroxylation is 1. The molecule has 1 aromatic carbocycles. The molecule has 0 unspecified atom stereocenters. The summed E-state index contributed by atoms with van der Waals surface area (Å²) >= 11 is 0. The van der Waals surface area contributed by atoms with Gasteiger partial charge in [-0.1, -0.05) is 24.3 Å². The van der Waals surface area contributed by atoms with Crippen molar-refractivity contribution in [3.8, 4) is 0 Å². The van der Waals surface area contributed by atoms with Crippen molar-refractivity contribution < 1.29 is 4.79 Å². The van der Waals surface area contributed by atoms with Gasteiger partial charge in [-0.2, -0.15) is 0 Å². The van der Waals surface area contributed by atoms with E-state index in [4.69, 9.17) is 0 Å². The number of imidazole rings is 1. The van der Waals surface area contributed by atoms with Crippen molar-refractivity contribution in [2.45, 2.75) is 18.9 Å². The Hall–Kier alpha value is -2.96. The van der Waals surface area contributed by atoms with Gasteiger partial charge in [0, 0.05) is 14.1 Å². The molecule has 3 aromatic rings. The molecule has 1 atom stereocenters. The number of amides is 1. The van der Waals surface area contributed by atoms with Crippen LogP contribution in [0, 0.1) is 0 Å². The Morgan fingerprint density at radius 3 is 2.96 bits per heavy atom. The van der Waals surface area contributed by atoms with Gasteiger partial charge in [-0.25, -0.2) is 15.0 Å². The van der Waals surface area contributed by atoms with Crippen LogP contribution in [0.2, 0.25) is 0 Å². The van der Waals surface area contributed by atoms with Gasteiger partial charge in [0.15, 0.2) is 11.5 Å². The summed E-state index contributed by atoms with van der Waals surface area (Å²) in [5.74, 6) is 0.742. The molecule has 7 nitrogen and oxygen atoms in total. The zero-order chi connectivity index (χ0) is 17.4. The molecule has 0 spiro atoms. The standard InChI is InChI=1S/C18H20N6O/c1-23(18-16-17(20-10-19-16)21-11-22-18)9-15(25)24(2)14-8-7-12-5-3-4-6-13(12)14/h3-6,10-11,14H,7-9H2,1-2H3,(H,19,20,21,22)/t14-/m1/s1. The van der Waals surface area contributed by atoms with Crippen molar-refractivity contribution in [3.63, 3.8) is 0 Å². The highest BCUT2D eigenvalue weighted by molar-refractivity contribution is 5.87. The van der Waals surface area contributed by atoms with E-state index in [9.17, 15) is 4.79 Å². The molecule has 0 saturated carbocycles. The number of anilines is 1. The number of nitrogens with one attached hydrogen (secondary N) is 1. The maximum atomic E-state index is 12.8. The average Bonchev–Trinajstić information content (AvgIpc) is 3.27. The highest BCUT2D eigenvalue weighted by atomic mass is 16.2. The summed E-state index contributed by atoms with van der Waals surface area (Å²) in [6.45, 7) is 0.250. The van der Waals surface area contributed by atoms with Gasteiger partial charge in [-0.15, -0.1) is 0 Å². The zero-order valence-corrected chi connectivity index (χ0v) is 14.3. The number of aromatic nitrogens is 4. The molecular formula is C18H20N6O. The van der Waals surface area contributed by atoms with E-state index < -0.39 is 0 Å². The van der Waals surface area contributed by atoms with Gasteiger partial charge < -0.3 is 14.8 Å². The van der Waals surface area contributed by atoms with Crippen LogP contribution in [0.1, 0.15) is 23.6 Å². The van der Waals surface area contributed by atoms with Crippen molar-refractivity contribution in [1.82, 2.24) is 24.8 Å². The third kappa shape index (κ3) is 2.71. The normalized spacial score (nSPS) is 16.0. The number of nitrogens with zero attached hydrogens (tertiary/aromatic N) is 5. The second-order valence-electron chi connectivity index (χ2n) is 6.41. The van der Waals surface area contributed by atoms with Crippen LogP contribution in [0.25, 0.3) is 11.2 Å². The van der Waals surface area contributed by atoms with E-state index in [0.29, 0.717) is 11.5 Å². The van der Waals surface area contributed by atoms with Gasteiger partial charge in [-0.3, -0.25) is 4.79 Å².